The van der Waals surface area contributed by atoms with Gasteiger partial charge in [0.2, 0.25) is 5.90 Å². The number of rotatable bonds is 2. The Labute approximate surface area is 196 Å². The van der Waals surface area contributed by atoms with E-state index >= 15 is 0 Å². The summed E-state index contributed by atoms with van der Waals surface area (Å²) in [4.78, 5) is 10.4. The molecule has 0 N–H and O–H groups in total. The van der Waals surface area contributed by atoms with Crippen molar-refractivity contribution in [1.29, 1.82) is 0 Å². The van der Waals surface area contributed by atoms with Gasteiger partial charge in [0.05, 0.1) is 11.4 Å². The first kappa shape index (κ1) is 21.4. The molecule has 0 spiro atoms. The van der Waals surface area contributed by atoms with Gasteiger partial charge in [0.1, 0.15) is 11.5 Å². The molecule has 0 atom stereocenters. The van der Waals surface area contributed by atoms with Crippen LogP contribution in [-0.2, 0) is 11.2 Å². The first-order valence-electron chi connectivity index (χ1n) is 11.6. The molecule has 166 valence electrons. The zero-order valence-electron chi connectivity index (χ0n) is 20.3. The average Bonchev–Trinajstić information content (AvgIpc) is 3.15. The summed E-state index contributed by atoms with van der Waals surface area (Å²) < 4.78 is 6.65. The minimum absolute atomic E-state index is 0.323. The summed E-state index contributed by atoms with van der Waals surface area (Å²) in [6, 6.07) is 21.1. The lowest BCUT2D eigenvalue weighted by Crippen LogP contribution is -2.38. The number of ether oxygens (including phenoxy) is 1. The van der Waals surface area contributed by atoms with E-state index in [0.717, 1.165) is 51.5 Å². The molecule has 0 fully saturated rings. The maximum atomic E-state index is 6.65. The number of aliphatic imine (C=N–C) groups is 2. The van der Waals surface area contributed by atoms with Gasteiger partial charge in [-0.15, -0.1) is 0 Å². The molecule has 5 rings (SSSR count). The summed E-state index contributed by atoms with van der Waals surface area (Å²) >= 11 is 0. The Balaban J connectivity index is 1.77. The number of aryl methyl sites for hydroxylation is 4. The molecular formula is C30H30N2O. The monoisotopic (exact) mass is 434 g/mol. The number of fused-ring (bicyclic) bond motifs is 2. The summed E-state index contributed by atoms with van der Waals surface area (Å²) in [5.41, 5.74) is 10.8. The van der Waals surface area contributed by atoms with Crippen molar-refractivity contribution in [3.05, 3.63) is 99.6 Å². The molecule has 0 unspecified atom stereocenters. The van der Waals surface area contributed by atoms with E-state index in [1.165, 1.54) is 16.7 Å². The number of hydrogen-bond acceptors (Lipinski definition) is 3. The Hall–Kier alpha value is -3.46. The lowest BCUT2D eigenvalue weighted by atomic mass is 9.76. The van der Waals surface area contributed by atoms with Crippen LogP contribution in [0.2, 0.25) is 0 Å². The van der Waals surface area contributed by atoms with Crippen LogP contribution < -0.4 is 0 Å². The quantitative estimate of drug-likeness (QED) is 0.406. The van der Waals surface area contributed by atoms with Gasteiger partial charge in [-0.05, 0) is 67.5 Å². The first-order valence-corrected chi connectivity index (χ1v) is 11.6. The predicted molar refractivity (Wildman–Crippen MR) is 138 cm³/mol. The zero-order chi connectivity index (χ0) is 23.3. The lowest BCUT2D eigenvalue weighted by molar-refractivity contribution is 0.467. The topological polar surface area (TPSA) is 34.0 Å². The molecule has 1 heterocycles. The van der Waals surface area contributed by atoms with Crippen LogP contribution in [0.1, 0.15) is 47.2 Å². The Morgan fingerprint density at radius 2 is 1.24 bits per heavy atom. The number of benzene rings is 3. The molecule has 3 aromatic carbocycles. The summed E-state index contributed by atoms with van der Waals surface area (Å²) in [5, 5.41) is 0. The second-order valence-electron chi connectivity index (χ2n) is 9.73. The molecule has 3 aromatic rings. The van der Waals surface area contributed by atoms with E-state index in [1.807, 2.05) is 0 Å². The molecule has 0 saturated carbocycles. The highest BCUT2D eigenvalue weighted by Crippen LogP contribution is 2.48. The Bertz CT molecular complexity index is 1330. The van der Waals surface area contributed by atoms with Gasteiger partial charge in [0.15, 0.2) is 0 Å². The molecule has 1 aliphatic carbocycles. The summed E-state index contributed by atoms with van der Waals surface area (Å²) in [7, 11) is 0. The number of allylic oxidation sites excluding steroid dienone is 1. The van der Waals surface area contributed by atoms with Crippen LogP contribution in [-0.4, -0.2) is 11.6 Å². The van der Waals surface area contributed by atoms with E-state index in [9.17, 15) is 0 Å². The van der Waals surface area contributed by atoms with Crippen LogP contribution in [0.4, 0.5) is 11.4 Å². The third kappa shape index (κ3) is 3.52. The molecule has 2 aliphatic rings. The standard InChI is InChI=1S/C30H30N2O/c1-18-11-9-12-19(2)25(18)31-28-29(32-26-20(3)13-10-14-21(26)4)33-27-23-16-8-7-15-22(23)17-24(27)30(28,5)6/h7-16H,17H2,1-6H3. The van der Waals surface area contributed by atoms with E-state index in [2.05, 4.69) is 102 Å². The van der Waals surface area contributed by atoms with Crippen LogP contribution in [0.3, 0.4) is 0 Å². The average molecular weight is 435 g/mol. The van der Waals surface area contributed by atoms with Gasteiger partial charge in [0.25, 0.3) is 0 Å². The van der Waals surface area contributed by atoms with E-state index in [0.29, 0.717) is 5.90 Å². The normalized spacial score (nSPS) is 19.0. The van der Waals surface area contributed by atoms with E-state index in [1.54, 1.807) is 0 Å². The van der Waals surface area contributed by atoms with Gasteiger partial charge in [-0.3, -0.25) is 0 Å². The van der Waals surface area contributed by atoms with Crippen molar-refractivity contribution in [1.82, 2.24) is 0 Å². The zero-order valence-corrected chi connectivity index (χ0v) is 20.3. The maximum absolute atomic E-state index is 6.65. The molecule has 1 aliphatic heterocycles. The Morgan fingerprint density at radius 1 is 0.697 bits per heavy atom. The van der Waals surface area contributed by atoms with Gasteiger partial charge < -0.3 is 4.74 Å². The molecular weight excluding hydrogens is 404 g/mol. The largest absolute Gasteiger partial charge is 0.437 e. The van der Waals surface area contributed by atoms with Crippen molar-refractivity contribution in [2.75, 3.05) is 0 Å². The third-order valence-electron chi connectivity index (χ3n) is 6.97. The molecule has 33 heavy (non-hydrogen) atoms. The minimum Gasteiger partial charge on any atom is -0.437 e. The maximum Gasteiger partial charge on any atom is 0.242 e. The van der Waals surface area contributed by atoms with Crippen LogP contribution in [0.5, 0.6) is 0 Å². The highest BCUT2D eigenvalue weighted by Gasteiger charge is 2.44. The number of hydrogen-bond donors (Lipinski definition) is 0. The predicted octanol–water partition coefficient (Wildman–Crippen LogP) is 7.75. The minimum atomic E-state index is -0.323. The fourth-order valence-electron chi connectivity index (χ4n) is 4.95. The molecule has 0 radical (unpaired) electrons. The fraction of sp³-hybridized carbons (Fsp3) is 0.267. The van der Waals surface area contributed by atoms with Crippen LogP contribution in [0.15, 0.2) is 76.2 Å². The molecule has 0 amide bonds. The van der Waals surface area contributed by atoms with Gasteiger partial charge in [-0.1, -0.05) is 74.5 Å². The molecule has 0 aromatic heterocycles. The van der Waals surface area contributed by atoms with Crippen molar-refractivity contribution < 1.29 is 4.74 Å². The van der Waals surface area contributed by atoms with Crippen LogP contribution >= 0.6 is 0 Å². The second-order valence-corrected chi connectivity index (χ2v) is 9.73. The van der Waals surface area contributed by atoms with Crippen LogP contribution in [0.25, 0.3) is 5.76 Å². The number of para-hydroxylation sites is 2. The summed E-state index contributed by atoms with van der Waals surface area (Å²) in [6.07, 6.45) is 0.876. The van der Waals surface area contributed by atoms with Gasteiger partial charge in [-0.2, -0.15) is 0 Å². The molecule has 3 nitrogen and oxygen atoms in total. The van der Waals surface area contributed by atoms with Gasteiger partial charge in [-0.25, -0.2) is 9.98 Å². The fourth-order valence-corrected chi connectivity index (χ4v) is 4.95. The van der Waals surface area contributed by atoms with Crippen molar-refractivity contribution >= 4 is 28.7 Å². The SMILES string of the molecule is Cc1cccc(C)c1N=C1OC2=C(Cc3ccccc32)C(C)(C)C1=Nc1c(C)cccc1C. The van der Waals surface area contributed by atoms with Crippen molar-refractivity contribution in [2.24, 2.45) is 15.4 Å². The van der Waals surface area contributed by atoms with Crippen molar-refractivity contribution in [3.63, 3.8) is 0 Å². The highest BCUT2D eigenvalue weighted by atomic mass is 16.5. The van der Waals surface area contributed by atoms with Gasteiger partial charge >= 0.3 is 0 Å². The van der Waals surface area contributed by atoms with E-state index in [-0.39, 0.29) is 5.41 Å². The Morgan fingerprint density at radius 3 is 1.85 bits per heavy atom. The van der Waals surface area contributed by atoms with Gasteiger partial charge in [0, 0.05) is 11.0 Å². The molecule has 0 bridgehead atoms. The van der Waals surface area contributed by atoms with Crippen molar-refractivity contribution in [2.45, 2.75) is 48.0 Å². The van der Waals surface area contributed by atoms with Crippen molar-refractivity contribution in [3.8, 4) is 0 Å². The molecule has 3 heteroatoms. The smallest absolute Gasteiger partial charge is 0.242 e. The summed E-state index contributed by atoms with van der Waals surface area (Å²) in [5.74, 6) is 1.54. The second kappa shape index (κ2) is 7.84. The molecule has 0 saturated heterocycles. The number of nitrogens with zero attached hydrogens (tertiary/aromatic N) is 2. The van der Waals surface area contributed by atoms with E-state index < -0.39 is 0 Å². The lowest BCUT2D eigenvalue weighted by Gasteiger charge is -2.34. The first-order chi connectivity index (χ1) is 15.8. The van der Waals surface area contributed by atoms with Crippen LogP contribution in [0, 0.1) is 33.1 Å². The third-order valence-corrected chi connectivity index (χ3v) is 6.97. The highest BCUT2D eigenvalue weighted by molar-refractivity contribution is 6.44. The summed E-state index contributed by atoms with van der Waals surface area (Å²) in [6.45, 7) is 12.9. The van der Waals surface area contributed by atoms with E-state index in [4.69, 9.17) is 14.7 Å². The Kier molecular flexibility index (Phi) is 5.08.